The van der Waals surface area contributed by atoms with Crippen molar-refractivity contribution in [3.8, 4) is 0 Å². The first-order valence-corrected chi connectivity index (χ1v) is 6.52. The van der Waals surface area contributed by atoms with Gasteiger partial charge in [-0.3, -0.25) is 14.9 Å². The lowest BCUT2D eigenvalue weighted by Crippen LogP contribution is -2.46. The summed E-state index contributed by atoms with van der Waals surface area (Å²) in [6.07, 6.45) is 0.858. The number of benzene rings is 1. The molecule has 3 N–H and O–H groups in total. The standard InChI is InChI=1S/C13H16FN3O4/c14-9-1-2-11(17(19)20)10(7-9)16-12(18)13(8-15)3-5-21-6-4-13/h1-2,7H,3-6,8,15H2,(H,16,18). The van der Waals surface area contributed by atoms with Crippen LogP contribution in [-0.2, 0) is 9.53 Å². The van der Waals surface area contributed by atoms with Crippen LogP contribution >= 0.6 is 0 Å². The van der Waals surface area contributed by atoms with Crippen molar-refractivity contribution in [1.82, 2.24) is 0 Å². The van der Waals surface area contributed by atoms with Crippen LogP contribution in [0.2, 0.25) is 0 Å². The van der Waals surface area contributed by atoms with Crippen LogP contribution in [0.15, 0.2) is 18.2 Å². The summed E-state index contributed by atoms with van der Waals surface area (Å²) in [4.78, 5) is 22.7. The molecule has 8 heteroatoms. The van der Waals surface area contributed by atoms with Gasteiger partial charge in [0.25, 0.3) is 5.69 Å². The number of rotatable bonds is 4. The van der Waals surface area contributed by atoms with Crippen molar-refractivity contribution in [2.45, 2.75) is 12.8 Å². The van der Waals surface area contributed by atoms with Gasteiger partial charge in [0.15, 0.2) is 0 Å². The quantitative estimate of drug-likeness (QED) is 0.645. The van der Waals surface area contributed by atoms with E-state index in [-0.39, 0.29) is 17.9 Å². The van der Waals surface area contributed by atoms with E-state index in [9.17, 15) is 19.3 Å². The minimum Gasteiger partial charge on any atom is -0.381 e. The van der Waals surface area contributed by atoms with Crippen molar-refractivity contribution in [3.05, 3.63) is 34.1 Å². The first kappa shape index (κ1) is 15.3. The van der Waals surface area contributed by atoms with Gasteiger partial charge in [-0.2, -0.15) is 0 Å². The maximum absolute atomic E-state index is 13.3. The smallest absolute Gasteiger partial charge is 0.292 e. The van der Waals surface area contributed by atoms with Gasteiger partial charge in [-0.1, -0.05) is 0 Å². The number of nitrogens with zero attached hydrogens (tertiary/aromatic N) is 1. The maximum Gasteiger partial charge on any atom is 0.292 e. The predicted molar refractivity (Wildman–Crippen MR) is 73.2 cm³/mol. The van der Waals surface area contributed by atoms with Crippen LogP contribution in [0.4, 0.5) is 15.8 Å². The van der Waals surface area contributed by atoms with Gasteiger partial charge in [-0.25, -0.2) is 4.39 Å². The van der Waals surface area contributed by atoms with Crippen LogP contribution < -0.4 is 11.1 Å². The molecule has 21 heavy (non-hydrogen) atoms. The van der Waals surface area contributed by atoms with Crippen molar-refractivity contribution >= 4 is 17.3 Å². The second-order valence-electron chi connectivity index (χ2n) is 4.97. The third-order valence-corrected chi connectivity index (χ3v) is 3.73. The molecular formula is C13H16FN3O4. The topological polar surface area (TPSA) is 107 Å². The normalized spacial score (nSPS) is 17.2. The van der Waals surface area contributed by atoms with Crippen molar-refractivity contribution in [2.75, 3.05) is 25.1 Å². The fraction of sp³-hybridized carbons (Fsp3) is 0.462. The van der Waals surface area contributed by atoms with Gasteiger partial charge < -0.3 is 15.8 Å². The number of hydrogen-bond acceptors (Lipinski definition) is 5. The van der Waals surface area contributed by atoms with Crippen LogP contribution in [-0.4, -0.2) is 30.6 Å². The molecule has 1 aliphatic rings. The number of carbonyl (C=O) groups is 1. The Morgan fingerprint density at radius 3 is 2.71 bits per heavy atom. The van der Waals surface area contributed by atoms with E-state index in [1.54, 1.807) is 0 Å². The molecule has 0 bridgehead atoms. The van der Waals surface area contributed by atoms with Crippen LogP contribution in [0.3, 0.4) is 0 Å². The molecule has 0 atom stereocenters. The summed E-state index contributed by atoms with van der Waals surface area (Å²) in [5, 5.41) is 13.4. The van der Waals surface area contributed by atoms with Crippen LogP contribution in [0, 0.1) is 21.3 Å². The average Bonchev–Trinajstić information content (AvgIpc) is 2.47. The van der Waals surface area contributed by atoms with Gasteiger partial charge in [0.05, 0.1) is 10.3 Å². The monoisotopic (exact) mass is 297 g/mol. The molecule has 0 spiro atoms. The molecule has 7 nitrogen and oxygen atoms in total. The number of nitrogens with two attached hydrogens (primary N) is 1. The Kier molecular flexibility index (Phi) is 4.49. The lowest BCUT2D eigenvalue weighted by atomic mass is 9.79. The van der Waals surface area contributed by atoms with Gasteiger partial charge >= 0.3 is 0 Å². The Bertz CT molecular complexity index is 558. The first-order valence-electron chi connectivity index (χ1n) is 6.52. The largest absolute Gasteiger partial charge is 0.381 e. The van der Waals surface area contributed by atoms with E-state index in [4.69, 9.17) is 10.5 Å². The van der Waals surface area contributed by atoms with Gasteiger partial charge in [0.1, 0.15) is 11.5 Å². The summed E-state index contributed by atoms with van der Waals surface area (Å²) in [5.41, 5.74) is 4.34. The molecule has 0 radical (unpaired) electrons. The fourth-order valence-electron chi connectivity index (χ4n) is 2.31. The number of anilines is 1. The molecule has 0 saturated carbocycles. The van der Waals surface area contributed by atoms with Crippen molar-refractivity contribution in [2.24, 2.45) is 11.1 Å². The second-order valence-corrected chi connectivity index (χ2v) is 4.97. The van der Waals surface area contributed by atoms with Gasteiger partial charge in [0, 0.05) is 31.9 Å². The lowest BCUT2D eigenvalue weighted by Gasteiger charge is -2.34. The number of hydrogen-bond donors (Lipinski definition) is 2. The first-order chi connectivity index (χ1) is 9.98. The summed E-state index contributed by atoms with van der Waals surface area (Å²) >= 11 is 0. The molecule has 0 unspecified atom stereocenters. The minimum atomic E-state index is -0.835. The summed E-state index contributed by atoms with van der Waals surface area (Å²) in [6.45, 7) is 0.900. The van der Waals surface area contributed by atoms with Crippen LogP contribution in [0.5, 0.6) is 0 Å². The van der Waals surface area contributed by atoms with E-state index in [1.165, 1.54) is 0 Å². The highest BCUT2D eigenvalue weighted by Crippen LogP contribution is 2.33. The summed E-state index contributed by atoms with van der Waals surface area (Å²) in [5.74, 6) is -1.10. The molecule has 1 amide bonds. The molecule has 1 aliphatic heterocycles. The van der Waals surface area contributed by atoms with E-state index in [0.717, 1.165) is 18.2 Å². The second kappa shape index (κ2) is 6.15. The highest BCUT2D eigenvalue weighted by Gasteiger charge is 2.39. The molecule has 1 fully saturated rings. The Morgan fingerprint density at radius 1 is 1.48 bits per heavy atom. The third-order valence-electron chi connectivity index (χ3n) is 3.73. The highest BCUT2D eigenvalue weighted by molar-refractivity contribution is 5.97. The molecular weight excluding hydrogens is 281 g/mol. The molecule has 0 aromatic heterocycles. The van der Waals surface area contributed by atoms with Crippen molar-refractivity contribution < 1.29 is 18.8 Å². The lowest BCUT2D eigenvalue weighted by molar-refractivity contribution is -0.384. The number of nitro groups is 1. The number of amides is 1. The van der Waals surface area contributed by atoms with Crippen LogP contribution in [0.1, 0.15) is 12.8 Å². The Hall–Kier alpha value is -2.06. The van der Waals surface area contributed by atoms with E-state index in [2.05, 4.69) is 5.32 Å². The fourth-order valence-corrected chi connectivity index (χ4v) is 2.31. The number of carbonyl (C=O) groups excluding carboxylic acids is 1. The van der Waals surface area contributed by atoms with Crippen molar-refractivity contribution in [3.63, 3.8) is 0 Å². The number of nitrogens with one attached hydrogen (secondary N) is 1. The number of nitro benzene ring substituents is 1. The average molecular weight is 297 g/mol. The molecule has 0 aliphatic carbocycles. The zero-order valence-corrected chi connectivity index (χ0v) is 11.3. The molecule has 114 valence electrons. The molecule has 2 rings (SSSR count). The predicted octanol–water partition coefficient (Wildman–Crippen LogP) is 1.43. The van der Waals surface area contributed by atoms with E-state index < -0.39 is 22.1 Å². The SMILES string of the molecule is NCC1(C(=O)Nc2cc(F)ccc2[N+](=O)[O-])CCOCC1. The summed E-state index contributed by atoms with van der Waals surface area (Å²) < 4.78 is 18.5. The summed E-state index contributed by atoms with van der Waals surface area (Å²) in [6, 6.07) is 2.92. The van der Waals surface area contributed by atoms with Crippen LogP contribution in [0.25, 0.3) is 0 Å². The maximum atomic E-state index is 13.3. The Morgan fingerprint density at radius 2 is 2.14 bits per heavy atom. The molecule has 1 heterocycles. The number of ether oxygens (including phenoxy) is 1. The van der Waals surface area contributed by atoms with E-state index in [0.29, 0.717) is 26.1 Å². The van der Waals surface area contributed by atoms with E-state index >= 15 is 0 Å². The Balaban J connectivity index is 2.26. The minimum absolute atomic E-state index is 0.102. The zero-order chi connectivity index (χ0) is 15.5. The van der Waals surface area contributed by atoms with E-state index in [1.807, 2.05) is 0 Å². The Labute approximate surface area is 120 Å². The van der Waals surface area contributed by atoms with Gasteiger partial charge in [-0.05, 0) is 18.9 Å². The zero-order valence-electron chi connectivity index (χ0n) is 11.3. The van der Waals surface area contributed by atoms with Gasteiger partial charge in [-0.15, -0.1) is 0 Å². The highest BCUT2D eigenvalue weighted by atomic mass is 19.1. The third kappa shape index (κ3) is 3.17. The molecule has 1 aromatic rings. The van der Waals surface area contributed by atoms with Crippen molar-refractivity contribution in [1.29, 1.82) is 0 Å². The molecule has 1 aromatic carbocycles. The molecule has 1 saturated heterocycles. The summed E-state index contributed by atoms with van der Waals surface area (Å²) in [7, 11) is 0. The van der Waals surface area contributed by atoms with Gasteiger partial charge in [0.2, 0.25) is 5.91 Å². The number of halogens is 1.